The summed E-state index contributed by atoms with van der Waals surface area (Å²) in [5.74, 6) is 0. The minimum absolute atomic E-state index is 0. The molecule has 0 spiro atoms. The summed E-state index contributed by atoms with van der Waals surface area (Å²) in [4.78, 5) is -0.221. The molecule has 6 nitrogen and oxygen atoms in total. The summed E-state index contributed by atoms with van der Waals surface area (Å²) in [7, 11) is -4.23. The maximum atomic E-state index is 11.0. The fourth-order valence-corrected chi connectivity index (χ4v) is 1.88. The van der Waals surface area contributed by atoms with E-state index in [1.807, 2.05) is 0 Å². The van der Waals surface area contributed by atoms with Gasteiger partial charge in [-0.1, -0.05) is 6.07 Å². The van der Waals surface area contributed by atoms with E-state index in [1.54, 1.807) is 30.3 Å². The van der Waals surface area contributed by atoms with Crippen LogP contribution < -0.4 is 5.73 Å². The molecule has 20 heavy (non-hydrogen) atoms. The molecule has 0 aliphatic rings. The summed E-state index contributed by atoms with van der Waals surface area (Å²) >= 11 is 0. The van der Waals surface area contributed by atoms with Gasteiger partial charge in [0.15, 0.2) is 0 Å². The topological polar surface area (TPSA) is 105 Å². The molecule has 3 N–H and O–H groups in total. The van der Waals surface area contributed by atoms with E-state index in [1.165, 1.54) is 18.2 Å². The standard InChI is InChI=1S/C12H11N3O3S.Na.H/c13-9-4-6-10(7-5-9)14-15-11-2-1-3-12(8-11)19(16,17)18;;/h1-8H,13H2,(H,16,17,18);;. The quantitative estimate of drug-likeness (QED) is 0.392. The Morgan fingerprint density at radius 3 is 2.15 bits per heavy atom. The average Bonchev–Trinajstić information content (AvgIpc) is 2.37. The van der Waals surface area contributed by atoms with Crippen LogP contribution in [0.25, 0.3) is 0 Å². The molecule has 0 saturated carbocycles. The minimum atomic E-state index is -4.23. The van der Waals surface area contributed by atoms with Crippen molar-refractivity contribution in [3.8, 4) is 0 Å². The molecular weight excluding hydrogens is 289 g/mol. The molecule has 0 unspecified atom stereocenters. The Hall–Kier alpha value is -1.25. The summed E-state index contributed by atoms with van der Waals surface area (Å²) < 4.78 is 30.8. The number of benzene rings is 2. The van der Waals surface area contributed by atoms with Crippen molar-refractivity contribution in [3.05, 3.63) is 48.5 Å². The Morgan fingerprint density at radius 2 is 1.55 bits per heavy atom. The summed E-state index contributed by atoms with van der Waals surface area (Å²) in [5.41, 5.74) is 7.07. The molecule has 0 bridgehead atoms. The van der Waals surface area contributed by atoms with Crippen molar-refractivity contribution in [3.63, 3.8) is 0 Å². The number of anilines is 1. The van der Waals surface area contributed by atoms with Gasteiger partial charge < -0.3 is 5.73 Å². The molecule has 0 heterocycles. The fraction of sp³-hybridized carbons (Fsp3) is 0. The SMILES string of the molecule is Nc1ccc(N=Nc2cccc(S(=O)(=O)O)c2)cc1.[NaH]. The molecule has 2 rings (SSSR count). The first-order chi connectivity index (χ1) is 8.95. The van der Waals surface area contributed by atoms with Crippen molar-refractivity contribution in [2.45, 2.75) is 4.90 Å². The molecule has 2 aromatic rings. The van der Waals surface area contributed by atoms with Crippen molar-refractivity contribution in [2.24, 2.45) is 10.2 Å². The van der Waals surface area contributed by atoms with Crippen LogP contribution in [0, 0.1) is 0 Å². The van der Waals surface area contributed by atoms with E-state index in [9.17, 15) is 8.42 Å². The van der Waals surface area contributed by atoms with Gasteiger partial charge in [0, 0.05) is 5.69 Å². The van der Waals surface area contributed by atoms with Gasteiger partial charge in [-0.2, -0.15) is 18.6 Å². The van der Waals surface area contributed by atoms with Crippen molar-refractivity contribution in [2.75, 3.05) is 5.73 Å². The number of nitrogens with two attached hydrogens (primary N) is 1. The molecule has 0 aliphatic carbocycles. The number of rotatable bonds is 3. The van der Waals surface area contributed by atoms with Crippen molar-refractivity contribution in [1.82, 2.24) is 0 Å². The number of hydrogen-bond acceptors (Lipinski definition) is 5. The van der Waals surface area contributed by atoms with E-state index in [0.29, 0.717) is 17.1 Å². The third-order valence-corrected chi connectivity index (χ3v) is 3.14. The van der Waals surface area contributed by atoms with E-state index in [-0.39, 0.29) is 34.5 Å². The van der Waals surface area contributed by atoms with Crippen LogP contribution >= 0.6 is 0 Å². The Labute approximate surface area is 138 Å². The first-order valence-corrected chi connectivity index (χ1v) is 6.74. The van der Waals surface area contributed by atoms with Gasteiger partial charge in [-0.25, -0.2) is 0 Å². The van der Waals surface area contributed by atoms with Crippen LogP contribution in [0.1, 0.15) is 0 Å². The van der Waals surface area contributed by atoms with Crippen LogP contribution in [0.2, 0.25) is 0 Å². The summed E-state index contributed by atoms with van der Waals surface area (Å²) in [6, 6.07) is 12.3. The second-order valence-corrected chi connectivity index (χ2v) is 5.19. The van der Waals surface area contributed by atoms with Crippen molar-refractivity contribution in [1.29, 1.82) is 0 Å². The third-order valence-electron chi connectivity index (χ3n) is 2.29. The zero-order valence-electron chi connectivity index (χ0n) is 9.76. The zero-order valence-corrected chi connectivity index (χ0v) is 10.6. The summed E-state index contributed by atoms with van der Waals surface area (Å²) in [6.07, 6.45) is 0. The van der Waals surface area contributed by atoms with Gasteiger partial charge in [-0.3, -0.25) is 4.55 Å². The molecule has 0 radical (unpaired) electrons. The molecule has 0 saturated heterocycles. The number of nitrogen functional groups attached to an aromatic ring is 1. The van der Waals surface area contributed by atoms with Gasteiger partial charge in [0.05, 0.1) is 16.3 Å². The Balaban J connectivity index is 0.00000200. The van der Waals surface area contributed by atoms with E-state index in [2.05, 4.69) is 10.2 Å². The zero-order chi connectivity index (χ0) is 13.9. The molecule has 0 aliphatic heterocycles. The third kappa shape index (κ3) is 4.69. The monoisotopic (exact) mass is 301 g/mol. The second kappa shape index (κ2) is 6.96. The van der Waals surface area contributed by atoms with Crippen LogP contribution in [0.3, 0.4) is 0 Å². The van der Waals surface area contributed by atoms with E-state index < -0.39 is 10.1 Å². The number of nitrogens with zero attached hydrogens (tertiary/aromatic N) is 2. The van der Waals surface area contributed by atoms with Gasteiger partial charge in [-0.15, -0.1) is 0 Å². The fourth-order valence-electron chi connectivity index (χ4n) is 1.36. The van der Waals surface area contributed by atoms with Gasteiger partial charge >= 0.3 is 29.6 Å². The van der Waals surface area contributed by atoms with Gasteiger partial charge in [-0.05, 0) is 42.5 Å². The van der Waals surface area contributed by atoms with Crippen LogP contribution in [0.5, 0.6) is 0 Å². The molecule has 2 aromatic carbocycles. The van der Waals surface area contributed by atoms with Gasteiger partial charge in [0.1, 0.15) is 0 Å². The average molecular weight is 301 g/mol. The van der Waals surface area contributed by atoms with E-state index in [4.69, 9.17) is 10.3 Å². The van der Waals surface area contributed by atoms with Gasteiger partial charge in [0.2, 0.25) is 0 Å². The molecule has 0 amide bonds. The van der Waals surface area contributed by atoms with Crippen LogP contribution in [-0.2, 0) is 10.1 Å². The number of hydrogen-bond donors (Lipinski definition) is 2. The summed E-state index contributed by atoms with van der Waals surface area (Å²) in [6.45, 7) is 0. The van der Waals surface area contributed by atoms with E-state index >= 15 is 0 Å². The van der Waals surface area contributed by atoms with Crippen molar-refractivity contribution < 1.29 is 13.0 Å². The predicted octanol–water partition coefficient (Wildman–Crippen LogP) is 2.28. The summed E-state index contributed by atoms with van der Waals surface area (Å²) in [5, 5.41) is 7.82. The molecule has 8 heteroatoms. The molecular formula is C12H12N3NaO3S. The first kappa shape index (κ1) is 16.8. The molecule has 0 aromatic heterocycles. The van der Waals surface area contributed by atoms with Crippen LogP contribution in [0.15, 0.2) is 63.7 Å². The van der Waals surface area contributed by atoms with E-state index in [0.717, 1.165) is 0 Å². The second-order valence-electron chi connectivity index (χ2n) is 3.76. The Bertz CT molecular complexity index is 715. The maximum absolute atomic E-state index is 11.0. The Morgan fingerprint density at radius 1 is 0.950 bits per heavy atom. The molecule has 100 valence electrons. The number of azo groups is 1. The molecule has 0 fully saturated rings. The molecule has 0 atom stereocenters. The normalized spacial score (nSPS) is 11.2. The van der Waals surface area contributed by atoms with Gasteiger partial charge in [0.25, 0.3) is 10.1 Å². The Kier molecular flexibility index (Phi) is 5.85. The van der Waals surface area contributed by atoms with Crippen LogP contribution in [0.4, 0.5) is 17.1 Å². The van der Waals surface area contributed by atoms with Crippen molar-refractivity contribution >= 4 is 56.7 Å². The van der Waals surface area contributed by atoms with Crippen LogP contribution in [-0.4, -0.2) is 42.5 Å². The first-order valence-electron chi connectivity index (χ1n) is 5.30. The predicted molar refractivity (Wildman–Crippen MR) is 78.4 cm³/mol.